The molecule has 0 heterocycles. The van der Waals surface area contributed by atoms with Gasteiger partial charge in [-0.1, -0.05) is 6.42 Å². The van der Waals surface area contributed by atoms with Crippen molar-refractivity contribution in [2.75, 3.05) is 13.7 Å². The Hall–Kier alpha value is -1.30. The van der Waals surface area contributed by atoms with Crippen LogP contribution in [-0.2, 0) is 4.79 Å². The van der Waals surface area contributed by atoms with Gasteiger partial charge in [-0.2, -0.15) is 0 Å². The summed E-state index contributed by atoms with van der Waals surface area (Å²) < 4.78 is 0. The average molecular weight is 258 g/mol. The number of nitrogens with zero attached hydrogens (tertiary/aromatic N) is 1. The van der Waals surface area contributed by atoms with Crippen LogP contribution in [0.5, 0.6) is 0 Å². The molecule has 0 bridgehead atoms. The Balaban J connectivity index is 2.62. The highest BCUT2D eigenvalue weighted by molar-refractivity contribution is 5.77. The van der Waals surface area contributed by atoms with Crippen LogP contribution in [0.4, 0.5) is 4.79 Å². The van der Waals surface area contributed by atoms with E-state index in [1.165, 1.54) is 4.90 Å². The second kappa shape index (κ2) is 5.56. The molecule has 6 heteroatoms. The summed E-state index contributed by atoms with van der Waals surface area (Å²) in [6.45, 7) is 3.34. The number of hydrogen-bond donors (Lipinski definition) is 3. The summed E-state index contributed by atoms with van der Waals surface area (Å²) in [6.07, 6.45) is 2.11. The highest BCUT2D eigenvalue weighted by Gasteiger charge is 2.36. The minimum absolute atomic E-state index is 0.149. The van der Waals surface area contributed by atoms with Crippen LogP contribution in [-0.4, -0.2) is 52.3 Å². The number of aliphatic carboxylic acids is 1. The maximum Gasteiger partial charge on any atom is 0.317 e. The number of carbonyl (C=O) groups is 2. The molecule has 2 unspecified atom stereocenters. The van der Waals surface area contributed by atoms with Crippen molar-refractivity contribution in [3.63, 3.8) is 0 Å². The van der Waals surface area contributed by atoms with Gasteiger partial charge in [0.2, 0.25) is 0 Å². The zero-order valence-electron chi connectivity index (χ0n) is 11.1. The number of aliphatic hydroxyl groups is 1. The first-order chi connectivity index (χ1) is 8.29. The summed E-state index contributed by atoms with van der Waals surface area (Å²) in [5, 5.41) is 21.0. The first-order valence-corrected chi connectivity index (χ1v) is 6.17. The Morgan fingerprint density at radius 3 is 2.50 bits per heavy atom. The number of amides is 2. The number of urea groups is 1. The molecule has 2 amide bonds. The van der Waals surface area contributed by atoms with E-state index < -0.39 is 17.4 Å². The van der Waals surface area contributed by atoms with E-state index >= 15 is 0 Å². The number of carbonyl (C=O) groups excluding carboxylic acids is 1. The molecule has 1 aliphatic rings. The van der Waals surface area contributed by atoms with E-state index in [-0.39, 0.29) is 18.7 Å². The van der Waals surface area contributed by atoms with Crippen molar-refractivity contribution >= 4 is 12.0 Å². The van der Waals surface area contributed by atoms with Crippen LogP contribution in [0.3, 0.4) is 0 Å². The lowest BCUT2D eigenvalue weighted by Crippen LogP contribution is -2.54. The van der Waals surface area contributed by atoms with Gasteiger partial charge in [0.15, 0.2) is 0 Å². The van der Waals surface area contributed by atoms with Crippen molar-refractivity contribution in [1.82, 2.24) is 10.2 Å². The minimum Gasteiger partial charge on any atom is -0.481 e. The number of aliphatic hydroxyl groups excluding tert-OH is 1. The van der Waals surface area contributed by atoms with Crippen LogP contribution in [0.2, 0.25) is 0 Å². The molecular weight excluding hydrogens is 236 g/mol. The van der Waals surface area contributed by atoms with E-state index in [1.54, 1.807) is 20.9 Å². The highest BCUT2D eigenvalue weighted by atomic mass is 16.4. The molecular formula is C12H22N2O4. The zero-order chi connectivity index (χ0) is 13.9. The van der Waals surface area contributed by atoms with Gasteiger partial charge < -0.3 is 20.4 Å². The van der Waals surface area contributed by atoms with Crippen LogP contribution < -0.4 is 5.32 Å². The van der Waals surface area contributed by atoms with Gasteiger partial charge in [0.25, 0.3) is 0 Å². The van der Waals surface area contributed by atoms with Crippen LogP contribution in [0.15, 0.2) is 0 Å². The van der Waals surface area contributed by atoms with E-state index in [1.807, 2.05) is 0 Å². The van der Waals surface area contributed by atoms with Crippen molar-refractivity contribution in [1.29, 1.82) is 0 Å². The smallest absolute Gasteiger partial charge is 0.317 e. The van der Waals surface area contributed by atoms with Crippen molar-refractivity contribution in [2.24, 2.45) is 5.92 Å². The topological polar surface area (TPSA) is 89.9 Å². The molecule has 104 valence electrons. The van der Waals surface area contributed by atoms with Gasteiger partial charge in [0.05, 0.1) is 18.1 Å². The van der Waals surface area contributed by atoms with E-state index in [4.69, 9.17) is 5.11 Å². The van der Waals surface area contributed by atoms with Gasteiger partial charge in [-0.05, 0) is 26.7 Å². The summed E-state index contributed by atoms with van der Waals surface area (Å²) in [5.74, 6) is -1.36. The Morgan fingerprint density at radius 1 is 1.39 bits per heavy atom. The number of hydrogen-bond acceptors (Lipinski definition) is 3. The average Bonchev–Trinajstić information content (AvgIpc) is 2.76. The lowest BCUT2D eigenvalue weighted by atomic mass is 10.0. The zero-order valence-corrected chi connectivity index (χ0v) is 11.1. The van der Waals surface area contributed by atoms with E-state index in [2.05, 4.69) is 5.32 Å². The molecule has 0 radical (unpaired) electrons. The fourth-order valence-corrected chi connectivity index (χ4v) is 2.06. The summed E-state index contributed by atoms with van der Waals surface area (Å²) in [6, 6.07) is -0.654. The molecule has 0 aromatic heterocycles. The van der Waals surface area contributed by atoms with Gasteiger partial charge in [-0.25, -0.2) is 4.79 Å². The van der Waals surface area contributed by atoms with Crippen molar-refractivity contribution in [2.45, 2.75) is 44.7 Å². The summed E-state index contributed by atoms with van der Waals surface area (Å²) in [7, 11) is 1.59. The van der Waals surface area contributed by atoms with Crippen LogP contribution >= 0.6 is 0 Å². The Kier molecular flexibility index (Phi) is 4.56. The lowest BCUT2D eigenvalue weighted by Gasteiger charge is -2.35. The third-order valence-corrected chi connectivity index (χ3v) is 3.74. The largest absolute Gasteiger partial charge is 0.481 e. The number of nitrogens with one attached hydrogen (secondary N) is 1. The molecule has 2 atom stereocenters. The third kappa shape index (κ3) is 3.13. The molecule has 1 saturated carbocycles. The molecule has 3 N–H and O–H groups in total. The Morgan fingerprint density at radius 2 is 2.00 bits per heavy atom. The monoisotopic (exact) mass is 258 g/mol. The van der Waals surface area contributed by atoms with Gasteiger partial charge >= 0.3 is 12.0 Å². The van der Waals surface area contributed by atoms with Gasteiger partial charge in [0, 0.05) is 13.1 Å². The fourth-order valence-electron chi connectivity index (χ4n) is 2.06. The molecule has 18 heavy (non-hydrogen) atoms. The van der Waals surface area contributed by atoms with E-state index in [0.717, 1.165) is 6.42 Å². The normalized spacial score (nSPS) is 23.8. The first kappa shape index (κ1) is 14.8. The van der Waals surface area contributed by atoms with Gasteiger partial charge in [-0.3, -0.25) is 4.79 Å². The maximum atomic E-state index is 12.0. The van der Waals surface area contributed by atoms with Gasteiger partial charge in [0.1, 0.15) is 0 Å². The summed E-state index contributed by atoms with van der Waals surface area (Å²) >= 11 is 0. The molecule has 1 fully saturated rings. The van der Waals surface area contributed by atoms with Crippen molar-refractivity contribution in [3.8, 4) is 0 Å². The van der Waals surface area contributed by atoms with Crippen molar-refractivity contribution < 1.29 is 19.8 Å². The second-order valence-electron chi connectivity index (χ2n) is 5.46. The quantitative estimate of drug-likeness (QED) is 0.690. The minimum atomic E-state index is -0.859. The number of rotatable bonds is 4. The third-order valence-electron chi connectivity index (χ3n) is 3.74. The number of carboxylic acid groups (broad SMARTS) is 1. The standard InChI is InChI=1S/C12H22N2O4/c1-12(2,7-15)14(3)11(18)13-9-6-4-5-8(9)10(16)17/h8-9,15H,4-7H2,1-3H3,(H,13,18)(H,16,17). The Labute approximate surface area is 107 Å². The van der Waals surface area contributed by atoms with E-state index in [0.29, 0.717) is 12.8 Å². The fraction of sp³-hybridized carbons (Fsp3) is 0.833. The Bertz CT molecular complexity index is 330. The first-order valence-electron chi connectivity index (χ1n) is 6.17. The molecule has 0 aromatic rings. The molecule has 0 aromatic carbocycles. The second-order valence-corrected chi connectivity index (χ2v) is 5.46. The van der Waals surface area contributed by atoms with Crippen molar-refractivity contribution in [3.05, 3.63) is 0 Å². The number of carboxylic acids is 1. The molecule has 0 saturated heterocycles. The van der Waals surface area contributed by atoms with Crippen LogP contribution in [0, 0.1) is 5.92 Å². The van der Waals surface area contributed by atoms with E-state index in [9.17, 15) is 14.7 Å². The molecule has 1 rings (SSSR count). The molecule has 6 nitrogen and oxygen atoms in total. The van der Waals surface area contributed by atoms with Crippen LogP contribution in [0.1, 0.15) is 33.1 Å². The lowest BCUT2D eigenvalue weighted by molar-refractivity contribution is -0.142. The predicted octanol–water partition coefficient (Wildman–Crippen LogP) is 0.652. The van der Waals surface area contributed by atoms with Crippen LogP contribution in [0.25, 0.3) is 0 Å². The number of likely N-dealkylation sites (N-methyl/N-ethyl adjacent to an activating group) is 1. The maximum absolute atomic E-state index is 12.0. The SMILES string of the molecule is CN(C(=O)NC1CCCC1C(=O)O)C(C)(C)CO. The highest BCUT2D eigenvalue weighted by Crippen LogP contribution is 2.26. The summed E-state index contributed by atoms with van der Waals surface area (Å²) in [5.41, 5.74) is -0.665. The predicted molar refractivity (Wildman–Crippen MR) is 66.2 cm³/mol. The molecule has 0 spiro atoms. The summed E-state index contributed by atoms with van der Waals surface area (Å²) in [4.78, 5) is 24.4. The van der Waals surface area contributed by atoms with Gasteiger partial charge in [-0.15, -0.1) is 0 Å². The molecule has 1 aliphatic carbocycles. The molecule has 0 aliphatic heterocycles.